The summed E-state index contributed by atoms with van der Waals surface area (Å²) in [6, 6.07) is 8.65. The molecule has 2 amide bonds. The summed E-state index contributed by atoms with van der Waals surface area (Å²) in [7, 11) is 0. The standard InChI is InChI=1S/C15H20N2OS/c1-11-10-17(13-8-4-5-9-14(13)19-11)15(18)16-12-6-2-3-7-12/h4-5,8-9,11-12H,2-3,6-7,10H2,1H3,(H,16,18). The van der Waals surface area contributed by atoms with Gasteiger partial charge in [-0.1, -0.05) is 31.9 Å². The number of thioether (sulfide) groups is 1. The van der Waals surface area contributed by atoms with E-state index in [1.54, 1.807) is 0 Å². The van der Waals surface area contributed by atoms with E-state index in [1.165, 1.54) is 17.7 Å². The van der Waals surface area contributed by atoms with E-state index in [9.17, 15) is 4.79 Å². The number of carbonyl (C=O) groups is 1. The highest BCUT2D eigenvalue weighted by Gasteiger charge is 2.28. The molecule has 1 aliphatic carbocycles. The van der Waals surface area contributed by atoms with Gasteiger partial charge in [-0.15, -0.1) is 11.8 Å². The van der Waals surface area contributed by atoms with Crippen LogP contribution < -0.4 is 10.2 Å². The van der Waals surface area contributed by atoms with E-state index in [1.807, 2.05) is 34.9 Å². The Morgan fingerprint density at radius 3 is 2.84 bits per heavy atom. The van der Waals surface area contributed by atoms with Gasteiger partial charge in [0.25, 0.3) is 0 Å². The fourth-order valence-corrected chi connectivity index (χ4v) is 4.02. The Morgan fingerprint density at radius 1 is 1.32 bits per heavy atom. The largest absolute Gasteiger partial charge is 0.335 e. The maximum atomic E-state index is 12.5. The summed E-state index contributed by atoms with van der Waals surface area (Å²) in [6.07, 6.45) is 4.75. The topological polar surface area (TPSA) is 32.3 Å². The predicted molar refractivity (Wildman–Crippen MR) is 79.9 cm³/mol. The van der Waals surface area contributed by atoms with Crippen molar-refractivity contribution in [3.05, 3.63) is 24.3 Å². The second kappa shape index (κ2) is 5.45. The number of anilines is 1. The lowest BCUT2D eigenvalue weighted by atomic mass is 10.2. The molecule has 0 spiro atoms. The van der Waals surface area contributed by atoms with Crippen molar-refractivity contribution in [1.82, 2.24) is 5.32 Å². The maximum Gasteiger partial charge on any atom is 0.322 e. The van der Waals surface area contributed by atoms with Crippen LogP contribution in [0.3, 0.4) is 0 Å². The molecule has 1 fully saturated rings. The third-order valence-electron chi connectivity index (χ3n) is 3.85. The lowest BCUT2D eigenvalue weighted by Crippen LogP contribution is -2.47. The molecule has 2 aliphatic rings. The number of nitrogens with zero attached hydrogens (tertiary/aromatic N) is 1. The average Bonchev–Trinajstić information content (AvgIpc) is 2.90. The summed E-state index contributed by atoms with van der Waals surface area (Å²) in [5.41, 5.74) is 1.06. The van der Waals surface area contributed by atoms with Crippen molar-refractivity contribution in [2.24, 2.45) is 0 Å². The Kier molecular flexibility index (Phi) is 3.69. The first-order valence-electron chi connectivity index (χ1n) is 7.08. The number of hydrogen-bond donors (Lipinski definition) is 1. The Morgan fingerprint density at radius 2 is 2.05 bits per heavy atom. The first kappa shape index (κ1) is 12.9. The summed E-state index contributed by atoms with van der Waals surface area (Å²) in [5.74, 6) is 0. The fourth-order valence-electron chi connectivity index (χ4n) is 2.90. The summed E-state index contributed by atoms with van der Waals surface area (Å²) in [6.45, 7) is 2.97. The van der Waals surface area contributed by atoms with E-state index in [0.717, 1.165) is 25.1 Å². The average molecular weight is 276 g/mol. The first-order valence-corrected chi connectivity index (χ1v) is 7.96. The molecule has 1 unspecified atom stereocenters. The van der Waals surface area contributed by atoms with E-state index < -0.39 is 0 Å². The minimum absolute atomic E-state index is 0.0755. The van der Waals surface area contributed by atoms with Gasteiger partial charge in [0.1, 0.15) is 0 Å². The van der Waals surface area contributed by atoms with Gasteiger partial charge in [-0.2, -0.15) is 0 Å². The van der Waals surface area contributed by atoms with Crippen LogP contribution in [0.25, 0.3) is 0 Å². The van der Waals surface area contributed by atoms with Gasteiger partial charge in [-0.25, -0.2) is 4.79 Å². The molecule has 0 saturated heterocycles. The van der Waals surface area contributed by atoms with Crippen molar-refractivity contribution < 1.29 is 4.79 Å². The number of rotatable bonds is 1. The van der Waals surface area contributed by atoms with E-state index in [0.29, 0.717) is 11.3 Å². The van der Waals surface area contributed by atoms with Gasteiger partial charge >= 0.3 is 6.03 Å². The molecule has 4 heteroatoms. The van der Waals surface area contributed by atoms with Gasteiger partial charge < -0.3 is 5.32 Å². The zero-order chi connectivity index (χ0) is 13.2. The Balaban J connectivity index is 1.78. The van der Waals surface area contributed by atoms with Crippen molar-refractivity contribution in [2.45, 2.75) is 48.8 Å². The van der Waals surface area contributed by atoms with Gasteiger partial charge in [0.15, 0.2) is 0 Å². The minimum atomic E-state index is 0.0755. The van der Waals surface area contributed by atoms with Crippen LogP contribution in [0.15, 0.2) is 29.2 Å². The highest BCUT2D eigenvalue weighted by molar-refractivity contribution is 8.00. The highest BCUT2D eigenvalue weighted by Crippen LogP contribution is 2.38. The molecule has 19 heavy (non-hydrogen) atoms. The molecular weight excluding hydrogens is 256 g/mol. The van der Waals surface area contributed by atoms with Crippen LogP contribution in [0.5, 0.6) is 0 Å². The molecule has 0 aromatic heterocycles. The van der Waals surface area contributed by atoms with E-state index >= 15 is 0 Å². The Labute approximate surface area is 118 Å². The second-order valence-electron chi connectivity index (χ2n) is 5.44. The van der Waals surface area contributed by atoms with Gasteiger partial charge in [0.05, 0.1) is 5.69 Å². The fraction of sp³-hybridized carbons (Fsp3) is 0.533. The smallest absolute Gasteiger partial charge is 0.322 e. The molecule has 102 valence electrons. The van der Waals surface area contributed by atoms with Gasteiger partial charge in [-0.3, -0.25) is 4.90 Å². The zero-order valence-corrected chi connectivity index (χ0v) is 12.1. The number of carbonyl (C=O) groups excluding carboxylic acids is 1. The van der Waals surface area contributed by atoms with Crippen molar-refractivity contribution >= 4 is 23.5 Å². The van der Waals surface area contributed by atoms with Crippen molar-refractivity contribution in [3.8, 4) is 0 Å². The SMILES string of the molecule is CC1CN(C(=O)NC2CCCC2)c2ccccc2S1. The quantitative estimate of drug-likeness (QED) is 0.849. The van der Waals surface area contributed by atoms with Crippen LogP contribution in [0.4, 0.5) is 10.5 Å². The number of fused-ring (bicyclic) bond motifs is 1. The third kappa shape index (κ3) is 2.73. The van der Waals surface area contributed by atoms with Gasteiger partial charge in [0, 0.05) is 22.7 Å². The van der Waals surface area contributed by atoms with Crippen LogP contribution in [-0.4, -0.2) is 23.9 Å². The number of benzene rings is 1. The molecule has 3 rings (SSSR count). The predicted octanol–water partition coefficient (Wildman–Crippen LogP) is 3.64. The van der Waals surface area contributed by atoms with Crippen LogP contribution in [0, 0.1) is 0 Å². The Bertz CT molecular complexity index is 471. The molecule has 0 radical (unpaired) electrons. The van der Waals surface area contributed by atoms with Crippen molar-refractivity contribution in [3.63, 3.8) is 0 Å². The molecular formula is C15H20N2OS. The number of urea groups is 1. The lowest BCUT2D eigenvalue weighted by Gasteiger charge is -2.33. The second-order valence-corrected chi connectivity index (χ2v) is 6.92. The molecule has 0 bridgehead atoms. The summed E-state index contributed by atoms with van der Waals surface area (Å²) < 4.78 is 0. The molecule has 1 N–H and O–H groups in total. The summed E-state index contributed by atoms with van der Waals surface area (Å²) in [5, 5.41) is 3.64. The third-order valence-corrected chi connectivity index (χ3v) is 5.00. The number of hydrogen-bond acceptors (Lipinski definition) is 2. The highest BCUT2D eigenvalue weighted by atomic mass is 32.2. The molecule has 1 aromatic carbocycles. The number of para-hydroxylation sites is 1. The first-order chi connectivity index (χ1) is 9.24. The normalized spacial score (nSPS) is 23.2. The van der Waals surface area contributed by atoms with Crippen LogP contribution >= 0.6 is 11.8 Å². The van der Waals surface area contributed by atoms with Crippen LogP contribution in [0.1, 0.15) is 32.6 Å². The van der Waals surface area contributed by atoms with E-state index in [-0.39, 0.29) is 6.03 Å². The molecule has 1 heterocycles. The molecule has 1 atom stereocenters. The Hall–Kier alpha value is -1.16. The molecule has 1 aromatic rings. The lowest BCUT2D eigenvalue weighted by molar-refractivity contribution is 0.242. The molecule has 1 saturated carbocycles. The van der Waals surface area contributed by atoms with E-state index in [2.05, 4.69) is 18.3 Å². The summed E-state index contributed by atoms with van der Waals surface area (Å²) >= 11 is 1.85. The minimum Gasteiger partial charge on any atom is -0.335 e. The van der Waals surface area contributed by atoms with Crippen molar-refractivity contribution in [2.75, 3.05) is 11.4 Å². The number of amides is 2. The van der Waals surface area contributed by atoms with E-state index in [4.69, 9.17) is 0 Å². The molecule has 1 aliphatic heterocycles. The monoisotopic (exact) mass is 276 g/mol. The summed E-state index contributed by atoms with van der Waals surface area (Å²) in [4.78, 5) is 15.6. The van der Waals surface area contributed by atoms with Gasteiger partial charge in [-0.05, 0) is 25.0 Å². The number of nitrogens with one attached hydrogen (secondary N) is 1. The van der Waals surface area contributed by atoms with Crippen molar-refractivity contribution in [1.29, 1.82) is 0 Å². The molecule has 3 nitrogen and oxygen atoms in total. The van der Waals surface area contributed by atoms with Crippen LogP contribution in [-0.2, 0) is 0 Å². The maximum absolute atomic E-state index is 12.5. The zero-order valence-electron chi connectivity index (χ0n) is 11.3. The van der Waals surface area contributed by atoms with Gasteiger partial charge in [0.2, 0.25) is 0 Å². The van der Waals surface area contributed by atoms with Crippen LogP contribution in [0.2, 0.25) is 0 Å².